The number of amides is 1. The number of carbonyl (C=O) groups is 1. The number of benzene rings is 1. The van der Waals surface area contributed by atoms with E-state index in [1.54, 1.807) is 18.2 Å². The van der Waals surface area contributed by atoms with Crippen molar-refractivity contribution in [2.75, 3.05) is 5.43 Å². The minimum Gasteiger partial charge on any atom is -0.282 e. The summed E-state index contributed by atoms with van der Waals surface area (Å²) in [4.78, 5) is 15.4. The molecule has 0 aliphatic heterocycles. The number of nitrogens with zero attached hydrogens (tertiary/aromatic N) is 1. The third-order valence-electron chi connectivity index (χ3n) is 2.51. The lowest BCUT2D eigenvalue weighted by molar-refractivity contribution is -0.137. The molecular weight excluding hydrogens is 307 g/mol. The molecule has 1 heterocycles. The average Bonchev–Trinajstić information content (AvgIpc) is 2.45. The molecule has 110 valence electrons. The van der Waals surface area contributed by atoms with Crippen LogP contribution in [0.15, 0.2) is 42.6 Å². The molecule has 0 unspecified atom stereocenters. The topological polar surface area (TPSA) is 54.0 Å². The predicted octanol–water partition coefficient (Wildman–Crippen LogP) is 3.51. The van der Waals surface area contributed by atoms with E-state index >= 15 is 0 Å². The van der Waals surface area contributed by atoms with Crippen LogP contribution in [0.25, 0.3) is 0 Å². The number of nitrogens with one attached hydrogen (secondary N) is 2. The maximum Gasteiger partial charge on any atom is 0.417 e. The molecule has 1 aromatic heterocycles. The molecule has 2 N–H and O–H groups in total. The Morgan fingerprint density at radius 2 is 1.86 bits per heavy atom. The van der Waals surface area contributed by atoms with Crippen LogP contribution in [0.2, 0.25) is 5.02 Å². The monoisotopic (exact) mass is 315 g/mol. The minimum absolute atomic E-state index is 0.0726. The molecule has 0 saturated carbocycles. The summed E-state index contributed by atoms with van der Waals surface area (Å²) in [6, 6.07) is 8.33. The molecule has 0 atom stereocenters. The first-order valence-electron chi connectivity index (χ1n) is 5.72. The lowest BCUT2D eigenvalue weighted by Gasteiger charge is -2.10. The quantitative estimate of drug-likeness (QED) is 0.852. The number of pyridine rings is 1. The van der Waals surface area contributed by atoms with Crippen molar-refractivity contribution in [1.29, 1.82) is 0 Å². The fourth-order valence-electron chi connectivity index (χ4n) is 1.47. The number of hydrazine groups is 1. The SMILES string of the molecule is O=C(NNc1ccc(C(F)(F)F)cn1)c1ccccc1Cl. The van der Waals surface area contributed by atoms with Crippen LogP contribution in [0.5, 0.6) is 0 Å². The summed E-state index contributed by atoms with van der Waals surface area (Å²) in [6.45, 7) is 0. The predicted molar refractivity (Wildman–Crippen MR) is 71.8 cm³/mol. The van der Waals surface area contributed by atoms with E-state index in [2.05, 4.69) is 15.8 Å². The highest BCUT2D eigenvalue weighted by Gasteiger charge is 2.30. The molecule has 0 spiro atoms. The van der Waals surface area contributed by atoms with Crippen LogP contribution in [0.1, 0.15) is 15.9 Å². The van der Waals surface area contributed by atoms with E-state index in [9.17, 15) is 18.0 Å². The van der Waals surface area contributed by atoms with Crippen LogP contribution >= 0.6 is 11.6 Å². The normalized spacial score (nSPS) is 11.0. The number of hydrogen-bond donors (Lipinski definition) is 2. The summed E-state index contributed by atoms with van der Waals surface area (Å²) >= 11 is 5.84. The number of aromatic nitrogens is 1. The van der Waals surface area contributed by atoms with E-state index in [0.717, 1.165) is 12.1 Å². The molecule has 0 fully saturated rings. The van der Waals surface area contributed by atoms with Crippen LogP contribution in [-0.4, -0.2) is 10.9 Å². The summed E-state index contributed by atoms with van der Waals surface area (Å²) in [6.07, 6.45) is -3.78. The maximum atomic E-state index is 12.4. The second-order valence-corrected chi connectivity index (χ2v) is 4.40. The Kier molecular flexibility index (Phi) is 4.32. The van der Waals surface area contributed by atoms with Gasteiger partial charge in [0.15, 0.2) is 0 Å². The Hall–Kier alpha value is -2.28. The molecule has 8 heteroatoms. The highest BCUT2D eigenvalue weighted by Crippen LogP contribution is 2.28. The minimum atomic E-state index is -4.45. The van der Waals surface area contributed by atoms with E-state index in [1.165, 1.54) is 6.07 Å². The van der Waals surface area contributed by atoms with Gasteiger partial charge in [0.25, 0.3) is 5.91 Å². The van der Waals surface area contributed by atoms with Crippen molar-refractivity contribution in [1.82, 2.24) is 10.4 Å². The van der Waals surface area contributed by atoms with Gasteiger partial charge in [-0.15, -0.1) is 0 Å². The first-order chi connectivity index (χ1) is 9.88. The van der Waals surface area contributed by atoms with E-state index in [1.807, 2.05) is 0 Å². The van der Waals surface area contributed by atoms with Crippen molar-refractivity contribution in [3.8, 4) is 0 Å². The van der Waals surface area contributed by atoms with Crippen molar-refractivity contribution >= 4 is 23.3 Å². The van der Waals surface area contributed by atoms with Gasteiger partial charge in [-0.2, -0.15) is 13.2 Å². The van der Waals surface area contributed by atoms with Crippen molar-refractivity contribution in [2.24, 2.45) is 0 Å². The smallest absolute Gasteiger partial charge is 0.282 e. The molecule has 1 amide bonds. The van der Waals surface area contributed by atoms with Crippen molar-refractivity contribution in [3.05, 3.63) is 58.7 Å². The largest absolute Gasteiger partial charge is 0.417 e. The van der Waals surface area contributed by atoms with Gasteiger partial charge in [0, 0.05) is 6.20 Å². The van der Waals surface area contributed by atoms with Crippen LogP contribution in [0, 0.1) is 0 Å². The zero-order chi connectivity index (χ0) is 15.5. The third kappa shape index (κ3) is 3.85. The second kappa shape index (κ2) is 6.01. The second-order valence-electron chi connectivity index (χ2n) is 3.99. The molecular formula is C13H9ClF3N3O. The van der Waals surface area contributed by atoms with Gasteiger partial charge in [-0.25, -0.2) is 4.98 Å². The number of halogens is 4. The van der Waals surface area contributed by atoms with Crippen LogP contribution in [-0.2, 0) is 6.18 Å². The third-order valence-corrected chi connectivity index (χ3v) is 2.84. The zero-order valence-corrected chi connectivity index (χ0v) is 11.2. The Bertz CT molecular complexity index is 644. The molecule has 0 radical (unpaired) electrons. The first-order valence-corrected chi connectivity index (χ1v) is 6.10. The molecule has 0 saturated heterocycles. The number of hydrogen-bond acceptors (Lipinski definition) is 3. The Labute approximate surface area is 122 Å². The van der Waals surface area contributed by atoms with E-state index < -0.39 is 17.6 Å². The van der Waals surface area contributed by atoms with Gasteiger partial charge in [-0.05, 0) is 24.3 Å². The van der Waals surface area contributed by atoms with Crippen molar-refractivity contribution in [3.63, 3.8) is 0 Å². The average molecular weight is 316 g/mol. The number of rotatable bonds is 3. The summed E-state index contributed by atoms with van der Waals surface area (Å²) < 4.78 is 37.1. The molecule has 1 aromatic carbocycles. The summed E-state index contributed by atoms with van der Waals surface area (Å²) in [7, 11) is 0. The Morgan fingerprint density at radius 1 is 1.14 bits per heavy atom. The molecule has 2 aromatic rings. The van der Waals surface area contributed by atoms with Crippen LogP contribution in [0.3, 0.4) is 0 Å². The van der Waals surface area contributed by atoms with Gasteiger partial charge in [0.1, 0.15) is 5.82 Å². The zero-order valence-electron chi connectivity index (χ0n) is 10.4. The molecule has 0 aliphatic carbocycles. The maximum absolute atomic E-state index is 12.4. The lowest BCUT2D eigenvalue weighted by atomic mass is 10.2. The molecule has 0 bridgehead atoms. The first kappa shape index (κ1) is 15.1. The Morgan fingerprint density at radius 3 is 2.43 bits per heavy atom. The summed E-state index contributed by atoms with van der Waals surface area (Å²) in [5.74, 6) is -0.453. The molecule has 4 nitrogen and oxygen atoms in total. The fraction of sp³-hybridized carbons (Fsp3) is 0.0769. The van der Waals surface area contributed by atoms with Crippen LogP contribution < -0.4 is 10.9 Å². The van der Waals surface area contributed by atoms with Crippen molar-refractivity contribution in [2.45, 2.75) is 6.18 Å². The van der Waals surface area contributed by atoms with Gasteiger partial charge in [-0.3, -0.25) is 15.6 Å². The van der Waals surface area contributed by atoms with Gasteiger partial charge in [0.2, 0.25) is 0 Å². The highest BCUT2D eigenvalue weighted by molar-refractivity contribution is 6.33. The van der Waals surface area contributed by atoms with Gasteiger partial charge in [0.05, 0.1) is 16.1 Å². The van der Waals surface area contributed by atoms with Gasteiger partial charge in [-0.1, -0.05) is 23.7 Å². The molecule has 21 heavy (non-hydrogen) atoms. The van der Waals surface area contributed by atoms with Gasteiger partial charge < -0.3 is 0 Å². The lowest BCUT2D eigenvalue weighted by Crippen LogP contribution is -2.30. The number of carbonyl (C=O) groups excluding carboxylic acids is 1. The highest BCUT2D eigenvalue weighted by atomic mass is 35.5. The van der Waals surface area contributed by atoms with Crippen molar-refractivity contribution < 1.29 is 18.0 Å². The molecule has 0 aliphatic rings. The van der Waals surface area contributed by atoms with E-state index in [-0.39, 0.29) is 16.4 Å². The van der Waals surface area contributed by atoms with Crippen LogP contribution in [0.4, 0.5) is 19.0 Å². The molecule has 2 rings (SSSR count). The van der Waals surface area contributed by atoms with Gasteiger partial charge >= 0.3 is 6.18 Å². The fourth-order valence-corrected chi connectivity index (χ4v) is 1.69. The van der Waals surface area contributed by atoms with E-state index in [0.29, 0.717) is 6.20 Å². The number of alkyl halides is 3. The Balaban J connectivity index is 2.00. The summed E-state index contributed by atoms with van der Waals surface area (Å²) in [5, 5.41) is 0.261. The van der Waals surface area contributed by atoms with E-state index in [4.69, 9.17) is 11.6 Å². The summed E-state index contributed by atoms with van der Waals surface area (Å²) in [5.41, 5.74) is 4.07. The number of anilines is 1. The standard InChI is InChI=1S/C13H9ClF3N3O/c14-10-4-2-1-3-9(10)12(21)20-19-11-6-5-8(7-18-11)13(15,16)17/h1-7H,(H,18,19)(H,20,21).